The van der Waals surface area contributed by atoms with Crippen molar-refractivity contribution < 1.29 is 19.1 Å². The van der Waals surface area contributed by atoms with Gasteiger partial charge in [-0.2, -0.15) is 0 Å². The minimum Gasteiger partial charge on any atom is -0.459 e. The second kappa shape index (κ2) is 8.21. The number of amides is 1. The van der Waals surface area contributed by atoms with E-state index in [9.17, 15) is 14.4 Å². The van der Waals surface area contributed by atoms with Crippen molar-refractivity contribution in [3.63, 3.8) is 0 Å². The molecular formula is C19H20N2O4. The lowest BCUT2D eigenvalue weighted by Crippen LogP contribution is -2.58. The molecule has 2 aromatic rings. The Morgan fingerprint density at radius 1 is 1.00 bits per heavy atom. The summed E-state index contributed by atoms with van der Waals surface area (Å²) < 4.78 is 5.10. The fourth-order valence-electron chi connectivity index (χ4n) is 2.04. The molecule has 0 aromatic heterocycles. The third-order valence-electron chi connectivity index (χ3n) is 3.61. The Balaban J connectivity index is 1.88. The monoisotopic (exact) mass is 340 g/mol. The number of Topliss-reactive ketones (excluding diaryl/α,β-unsaturated/α-hetero) is 1. The van der Waals surface area contributed by atoms with Gasteiger partial charge in [0.25, 0.3) is 5.91 Å². The number of benzene rings is 2. The van der Waals surface area contributed by atoms with Crippen molar-refractivity contribution >= 4 is 17.7 Å². The van der Waals surface area contributed by atoms with E-state index in [2.05, 4.69) is 5.32 Å². The standard InChI is InChI=1S/C19H20N2O4/c1-19(20,18(24)25-13-14-8-4-2-5-9-14)17(23)21-12-16(22)15-10-6-3-7-11-15/h2-11H,12-13,20H2,1H3,(H,21,23). The third kappa shape index (κ3) is 4.99. The van der Waals surface area contributed by atoms with E-state index in [1.165, 1.54) is 6.92 Å². The molecule has 0 bridgehead atoms. The second-order valence-electron chi connectivity index (χ2n) is 5.74. The van der Waals surface area contributed by atoms with Gasteiger partial charge >= 0.3 is 5.97 Å². The average molecular weight is 340 g/mol. The molecule has 2 aromatic carbocycles. The van der Waals surface area contributed by atoms with E-state index in [-0.39, 0.29) is 18.9 Å². The van der Waals surface area contributed by atoms with Gasteiger partial charge in [0.1, 0.15) is 6.61 Å². The molecule has 0 aliphatic heterocycles. The molecule has 0 heterocycles. The van der Waals surface area contributed by atoms with E-state index in [0.717, 1.165) is 5.56 Å². The van der Waals surface area contributed by atoms with Crippen molar-refractivity contribution in [1.82, 2.24) is 5.32 Å². The van der Waals surface area contributed by atoms with Crippen LogP contribution in [0.2, 0.25) is 0 Å². The van der Waals surface area contributed by atoms with E-state index < -0.39 is 17.4 Å². The fourth-order valence-corrected chi connectivity index (χ4v) is 2.04. The highest BCUT2D eigenvalue weighted by atomic mass is 16.5. The summed E-state index contributed by atoms with van der Waals surface area (Å²) >= 11 is 0. The summed E-state index contributed by atoms with van der Waals surface area (Å²) in [5.74, 6) is -1.90. The zero-order valence-corrected chi connectivity index (χ0v) is 13.9. The predicted octanol–water partition coefficient (Wildman–Crippen LogP) is 1.45. The molecule has 0 radical (unpaired) electrons. The molecule has 0 fully saturated rings. The molecular weight excluding hydrogens is 320 g/mol. The van der Waals surface area contributed by atoms with Crippen LogP contribution in [0.15, 0.2) is 60.7 Å². The number of hydrogen-bond donors (Lipinski definition) is 2. The topological polar surface area (TPSA) is 98.5 Å². The number of ether oxygens (including phenoxy) is 1. The molecule has 0 aliphatic rings. The maximum atomic E-state index is 12.2. The Morgan fingerprint density at radius 2 is 1.56 bits per heavy atom. The zero-order valence-electron chi connectivity index (χ0n) is 13.9. The Labute approximate surface area is 146 Å². The number of ketones is 1. The van der Waals surface area contributed by atoms with Crippen LogP contribution < -0.4 is 11.1 Å². The van der Waals surface area contributed by atoms with Crippen molar-refractivity contribution in [3.05, 3.63) is 71.8 Å². The van der Waals surface area contributed by atoms with Gasteiger partial charge in [-0.25, -0.2) is 4.79 Å². The summed E-state index contributed by atoms with van der Waals surface area (Å²) in [6, 6.07) is 17.6. The molecule has 3 N–H and O–H groups in total. The van der Waals surface area contributed by atoms with Gasteiger partial charge in [0, 0.05) is 5.56 Å². The quantitative estimate of drug-likeness (QED) is 0.451. The first-order chi connectivity index (χ1) is 11.9. The van der Waals surface area contributed by atoms with Crippen molar-refractivity contribution in [1.29, 1.82) is 0 Å². The molecule has 0 spiro atoms. The van der Waals surface area contributed by atoms with Crippen LogP contribution in [0.5, 0.6) is 0 Å². The number of nitrogens with two attached hydrogens (primary N) is 1. The molecule has 6 nitrogen and oxygen atoms in total. The van der Waals surface area contributed by atoms with Gasteiger partial charge in [-0.1, -0.05) is 60.7 Å². The van der Waals surface area contributed by atoms with Gasteiger partial charge in [0.2, 0.25) is 0 Å². The van der Waals surface area contributed by atoms with E-state index >= 15 is 0 Å². The first-order valence-electron chi connectivity index (χ1n) is 7.78. The van der Waals surface area contributed by atoms with Gasteiger partial charge in [0.05, 0.1) is 6.54 Å². The number of rotatable bonds is 7. The predicted molar refractivity (Wildman–Crippen MR) is 92.6 cm³/mol. The van der Waals surface area contributed by atoms with E-state index in [1.807, 2.05) is 18.2 Å². The molecule has 25 heavy (non-hydrogen) atoms. The van der Waals surface area contributed by atoms with Crippen LogP contribution in [-0.2, 0) is 20.9 Å². The third-order valence-corrected chi connectivity index (χ3v) is 3.61. The Bertz CT molecular complexity index is 743. The summed E-state index contributed by atoms with van der Waals surface area (Å²) in [7, 11) is 0. The van der Waals surface area contributed by atoms with Gasteiger partial charge in [-0.05, 0) is 12.5 Å². The number of hydrogen-bond acceptors (Lipinski definition) is 5. The number of nitrogens with one attached hydrogen (secondary N) is 1. The van der Waals surface area contributed by atoms with Gasteiger partial charge in [0.15, 0.2) is 11.3 Å². The summed E-state index contributed by atoms with van der Waals surface area (Å²) in [6.45, 7) is 1.02. The average Bonchev–Trinajstić information content (AvgIpc) is 2.65. The van der Waals surface area contributed by atoms with Gasteiger partial charge < -0.3 is 15.8 Å². The number of esters is 1. The first-order valence-corrected chi connectivity index (χ1v) is 7.78. The molecule has 0 aliphatic carbocycles. The van der Waals surface area contributed by atoms with Gasteiger partial charge in [-0.3, -0.25) is 9.59 Å². The van der Waals surface area contributed by atoms with Crippen LogP contribution in [0, 0.1) is 0 Å². The van der Waals surface area contributed by atoms with Crippen LogP contribution in [0.25, 0.3) is 0 Å². The smallest absolute Gasteiger partial charge is 0.336 e. The lowest BCUT2D eigenvalue weighted by atomic mass is 10.0. The minimum absolute atomic E-state index is 0.0166. The van der Waals surface area contributed by atoms with Crippen LogP contribution in [0.3, 0.4) is 0 Å². The zero-order chi connectivity index (χ0) is 18.3. The molecule has 2 rings (SSSR count). The fraction of sp³-hybridized carbons (Fsp3) is 0.211. The van der Waals surface area contributed by atoms with Crippen molar-refractivity contribution in [3.8, 4) is 0 Å². The van der Waals surface area contributed by atoms with Crippen LogP contribution >= 0.6 is 0 Å². The van der Waals surface area contributed by atoms with Crippen LogP contribution in [-0.4, -0.2) is 29.7 Å². The highest BCUT2D eigenvalue weighted by Crippen LogP contribution is 2.07. The van der Waals surface area contributed by atoms with Gasteiger partial charge in [-0.15, -0.1) is 0 Å². The Morgan fingerprint density at radius 3 is 2.16 bits per heavy atom. The Kier molecular flexibility index (Phi) is 6.03. The maximum absolute atomic E-state index is 12.2. The highest BCUT2D eigenvalue weighted by molar-refractivity contribution is 6.08. The van der Waals surface area contributed by atoms with Crippen molar-refractivity contribution in [2.45, 2.75) is 19.1 Å². The molecule has 1 amide bonds. The van der Waals surface area contributed by atoms with E-state index in [0.29, 0.717) is 5.56 Å². The maximum Gasteiger partial charge on any atom is 0.336 e. The summed E-state index contributed by atoms with van der Waals surface area (Å²) in [5, 5.41) is 2.39. The molecule has 6 heteroatoms. The van der Waals surface area contributed by atoms with Crippen molar-refractivity contribution in [2.24, 2.45) is 5.73 Å². The number of carbonyl (C=O) groups is 3. The highest BCUT2D eigenvalue weighted by Gasteiger charge is 2.38. The van der Waals surface area contributed by atoms with Crippen molar-refractivity contribution in [2.75, 3.05) is 6.54 Å². The summed E-state index contributed by atoms with van der Waals surface area (Å²) in [4.78, 5) is 36.3. The van der Waals surface area contributed by atoms with Crippen LogP contribution in [0.1, 0.15) is 22.8 Å². The normalized spacial score (nSPS) is 12.7. The summed E-state index contributed by atoms with van der Waals surface area (Å²) in [6.07, 6.45) is 0. The van der Waals surface area contributed by atoms with E-state index in [4.69, 9.17) is 10.5 Å². The largest absolute Gasteiger partial charge is 0.459 e. The summed E-state index contributed by atoms with van der Waals surface area (Å²) in [5.41, 5.74) is 5.16. The Hall–Kier alpha value is -2.99. The second-order valence-corrected chi connectivity index (χ2v) is 5.74. The minimum atomic E-state index is -1.88. The van der Waals surface area contributed by atoms with E-state index in [1.54, 1.807) is 42.5 Å². The lowest BCUT2D eigenvalue weighted by Gasteiger charge is -2.21. The molecule has 1 unspecified atom stereocenters. The number of carbonyl (C=O) groups excluding carboxylic acids is 3. The molecule has 130 valence electrons. The van der Waals surface area contributed by atoms with Crippen LogP contribution in [0.4, 0.5) is 0 Å². The molecule has 1 atom stereocenters. The SMILES string of the molecule is CC(N)(C(=O)NCC(=O)c1ccccc1)C(=O)OCc1ccccc1. The molecule has 0 saturated heterocycles. The lowest BCUT2D eigenvalue weighted by molar-refractivity contribution is -0.154. The molecule has 0 saturated carbocycles. The first kappa shape index (κ1) is 18.4.